The van der Waals surface area contributed by atoms with Crippen LogP contribution in [0, 0.1) is 27.4 Å². The number of rotatable bonds is 3. The second-order valence-corrected chi connectivity index (χ2v) is 4.69. The number of nitrogens with one attached hydrogen (secondary N) is 1. The fraction of sp³-hybridized carbons (Fsp3) is 0.500. The van der Waals surface area contributed by atoms with E-state index in [-0.39, 0.29) is 11.4 Å². The van der Waals surface area contributed by atoms with Crippen LogP contribution in [0.15, 0.2) is 12.1 Å². The lowest BCUT2D eigenvalue weighted by molar-refractivity contribution is -0.385. The molecule has 1 fully saturated rings. The number of aromatic nitrogens is 1. The highest BCUT2D eigenvalue weighted by Gasteiger charge is 2.22. The Bertz CT molecular complexity index is 509. The first-order valence-electron chi connectivity index (χ1n) is 5.92. The molecule has 6 heteroatoms. The zero-order chi connectivity index (χ0) is 13.1. The number of pyridine rings is 1. The lowest BCUT2D eigenvalue weighted by Gasteiger charge is -2.12. The molecule has 1 aromatic rings. The molecule has 18 heavy (non-hydrogen) atoms. The van der Waals surface area contributed by atoms with Gasteiger partial charge in [-0.1, -0.05) is 6.92 Å². The van der Waals surface area contributed by atoms with E-state index in [2.05, 4.69) is 17.2 Å². The van der Waals surface area contributed by atoms with E-state index in [4.69, 9.17) is 5.26 Å². The second kappa shape index (κ2) is 5.00. The van der Waals surface area contributed by atoms with E-state index < -0.39 is 4.92 Å². The summed E-state index contributed by atoms with van der Waals surface area (Å²) in [5.41, 5.74) is -0.390. The van der Waals surface area contributed by atoms with Crippen molar-refractivity contribution < 1.29 is 4.92 Å². The minimum atomic E-state index is -0.590. The molecule has 0 bridgehead atoms. The Hall–Kier alpha value is -2.16. The molecule has 0 amide bonds. The van der Waals surface area contributed by atoms with Crippen molar-refractivity contribution in [2.45, 2.75) is 32.2 Å². The van der Waals surface area contributed by atoms with Gasteiger partial charge in [0.15, 0.2) is 0 Å². The largest absolute Gasteiger partial charge is 0.367 e. The summed E-state index contributed by atoms with van der Waals surface area (Å²) in [7, 11) is 0. The fourth-order valence-corrected chi connectivity index (χ4v) is 2.31. The molecule has 1 aliphatic rings. The van der Waals surface area contributed by atoms with Crippen molar-refractivity contribution in [1.29, 1.82) is 5.26 Å². The molecule has 1 N–H and O–H groups in total. The number of hydrogen-bond acceptors (Lipinski definition) is 5. The van der Waals surface area contributed by atoms with E-state index in [1.54, 1.807) is 12.1 Å². The third kappa shape index (κ3) is 2.56. The molecule has 0 aromatic carbocycles. The third-order valence-electron chi connectivity index (χ3n) is 3.22. The Morgan fingerprint density at radius 1 is 1.56 bits per heavy atom. The molecule has 0 aliphatic heterocycles. The maximum absolute atomic E-state index is 10.7. The lowest BCUT2D eigenvalue weighted by Crippen LogP contribution is -2.16. The van der Waals surface area contributed by atoms with Crippen LogP contribution in [0.1, 0.15) is 31.9 Å². The van der Waals surface area contributed by atoms with Crippen molar-refractivity contribution in [3.05, 3.63) is 27.9 Å². The van der Waals surface area contributed by atoms with Gasteiger partial charge in [0.1, 0.15) is 11.9 Å². The molecule has 2 atom stereocenters. The Balaban J connectivity index is 2.15. The van der Waals surface area contributed by atoms with Crippen LogP contribution in [0.2, 0.25) is 0 Å². The van der Waals surface area contributed by atoms with E-state index in [0.717, 1.165) is 12.8 Å². The van der Waals surface area contributed by atoms with Crippen LogP contribution in [0.4, 0.5) is 11.5 Å². The van der Waals surface area contributed by atoms with Gasteiger partial charge in [-0.25, -0.2) is 4.98 Å². The van der Waals surface area contributed by atoms with E-state index in [1.807, 2.05) is 0 Å². The molecule has 1 heterocycles. The van der Waals surface area contributed by atoms with Crippen LogP contribution in [0.5, 0.6) is 0 Å². The second-order valence-electron chi connectivity index (χ2n) is 4.69. The predicted molar refractivity (Wildman–Crippen MR) is 66.0 cm³/mol. The fourth-order valence-electron chi connectivity index (χ4n) is 2.31. The van der Waals surface area contributed by atoms with Gasteiger partial charge in [0.25, 0.3) is 0 Å². The summed E-state index contributed by atoms with van der Waals surface area (Å²) < 4.78 is 0. The monoisotopic (exact) mass is 246 g/mol. The molecule has 1 aromatic heterocycles. The molecular formula is C12H14N4O2. The molecule has 0 radical (unpaired) electrons. The quantitative estimate of drug-likeness (QED) is 0.653. The highest BCUT2D eigenvalue weighted by Crippen LogP contribution is 2.27. The van der Waals surface area contributed by atoms with Gasteiger partial charge in [-0.2, -0.15) is 5.26 Å². The van der Waals surface area contributed by atoms with Crippen molar-refractivity contribution in [3.63, 3.8) is 0 Å². The molecule has 2 rings (SSSR count). The zero-order valence-corrected chi connectivity index (χ0v) is 10.1. The Morgan fingerprint density at radius 2 is 2.33 bits per heavy atom. The molecule has 1 saturated carbocycles. The van der Waals surface area contributed by atoms with Crippen LogP contribution in [-0.4, -0.2) is 15.9 Å². The Morgan fingerprint density at radius 3 is 2.89 bits per heavy atom. The average molecular weight is 246 g/mol. The highest BCUT2D eigenvalue weighted by molar-refractivity contribution is 5.50. The minimum Gasteiger partial charge on any atom is -0.367 e. The van der Waals surface area contributed by atoms with Gasteiger partial charge in [-0.15, -0.1) is 0 Å². The number of nitriles is 1. The molecule has 94 valence electrons. The van der Waals surface area contributed by atoms with Gasteiger partial charge < -0.3 is 5.32 Å². The minimum absolute atomic E-state index is 0.143. The van der Waals surface area contributed by atoms with Crippen molar-refractivity contribution >= 4 is 11.5 Å². The number of hydrogen-bond donors (Lipinski definition) is 1. The van der Waals surface area contributed by atoms with Crippen LogP contribution < -0.4 is 5.32 Å². The molecule has 0 spiro atoms. The average Bonchev–Trinajstić information content (AvgIpc) is 2.74. The molecule has 2 unspecified atom stereocenters. The first-order chi connectivity index (χ1) is 8.60. The first kappa shape index (κ1) is 12.3. The van der Waals surface area contributed by atoms with Crippen molar-refractivity contribution in [3.8, 4) is 6.07 Å². The number of anilines is 1. The standard InChI is InChI=1S/C12H14N4O2/c1-8-2-3-9(6-8)14-12-5-4-11(16(17)18)10(7-13)15-12/h4-5,8-9H,2-3,6H2,1H3,(H,14,15). The van der Waals surface area contributed by atoms with Gasteiger partial charge >= 0.3 is 5.69 Å². The third-order valence-corrected chi connectivity index (χ3v) is 3.22. The summed E-state index contributed by atoms with van der Waals surface area (Å²) in [6.45, 7) is 2.20. The molecule has 0 saturated heterocycles. The predicted octanol–water partition coefficient (Wildman–Crippen LogP) is 2.46. The van der Waals surface area contributed by atoms with Gasteiger partial charge in [0.2, 0.25) is 5.69 Å². The molecule has 1 aliphatic carbocycles. The summed E-state index contributed by atoms with van der Waals surface area (Å²) in [6.07, 6.45) is 3.32. The van der Waals surface area contributed by atoms with E-state index in [0.29, 0.717) is 17.8 Å². The lowest BCUT2D eigenvalue weighted by atomic mass is 10.1. The summed E-state index contributed by atoms with van der Waals surface area (Å²) in [6, 6.07) is 4.99. The molecule has 6 nitrogen and oxygen atoms in total. The summed E-state index contributed by atoms with van der Waals surface area (Å²) in [4.78, 5) is 14.1. The Labute approximate surface area is 105 Å². The summed E-state index contributed by atoms with van der Waals surface area (Å²) in [5.74, 6) is 1.23. The van der Waals surface area contributed by atoms with Gasteiger partial charge in [0, 0.05) is 12.1 Å². The molecular weight excluding hydrogens is 232 g/mol. The zero-order valence-electron chi connectivity index (χ0n) is 10.1. The SMILES string of the molecule is CC1CCC(Nc2ccc([N+](=O)[O-])c(C#N)n2)C1. The first-order valence-corrected chi connectivity index (χ1v) is 5.92. The van der Waals surface area contributed by atoms with Gasteiger partial charge in [-0.3, -0.25) is 10.1 Å². The maximum atomic E-state index is 10.7. The van der Waals surface area contributed by atoms with Crippen LogP contribution in [-0.2, 0) is 0 Å². The van der Waals surface area contributed by atoms with Crippen LogP contribution >= 0.6 is 0 Å². The smallest absolute Gasteiger partial charge is 0.305 e. The van der Waals surface area contributed by atoms with E-state index in [1.165, 1.54) is 12.5 Å². The summed E-state index contributed by atoms with van der Waals surface area (Å²) in [5, 5.41) is 22.8. The van der Waals surface area contributed by atoms with Crippen molar-refractivity contribution in [2.24, 2.45) is 5.92 Å². The van der Waals surface area contributed by atoms with Crippen molar-refractivity contribution in [2.75, 3.05) is 5.32 Å². The topological polar surface area (TPSA) is 91.9 Å². The maximum Gasteiger partial charge on any atom is 0.305 e. The Kier molecular flexibility index (Phi) is 3.42. The normalized spacial score (nSPS) is 22.4. The van der Waals surface area contributed by atoms with Crippen LogP contribution in [0.25, 0.3) is 0 Å². The summed E-state index contributed by atoms with van der Waals surface area (Å²) >= 11 is 0. The van der Waals surface area contributed by atoms with E-state index >= 15 is 0 Å². The van der Waals surface area contributed by atoms with Gasteiger partial charge in [-0.05, 0) is 31.2 Å². The number of nitro groups is 1. The number of nitrogens with zero attached hydrogens (tertiary/aromatic N) is 3. The van der Waals surface area contributed by atoms with Gasteiger partial charge in [0.05, 0.1) is 4.92 Å². The van der Waals surface area contributed by atoms with Crippen LogP contribution in [0.3, 0.4) is 0 Å². The van der Waals surface area contributed by atoms with Crippen molar-refractivity contribution in [1.82, 2.24) is 4.98 Å². The highest BCUT2D eigenvalue weighted by atomic mass is 16.6. The van der Waals surface area contributed by atoms with E-state index in [9.17, 15) is 10.1 Å².